The van der Waals surface area contributed by atoms with Crippen molar-refractivity contribution < 1.29 is 0 Å². The zero-order chi connectivity index (χ0) is 20.1. The Labute approximate surface area is 176 Å². The lowest BCUT2D eigenvalue weighted by atomic mass is 9.83. The number of fused-ring (bicyclic) bond motifs is 4. The second-order valence-corrected chi connectivity index (χ2v) is 9.23. The zero-order valence-electron chi connectivity index (χ0n) is 17.4. The minimum Gasteiger partial charge on any atom is -0.341 e. The van der Waals surface area contributed by atoms with E-state index in [1.165, 1.54) is 25.7 Å². The van der Waals surface area contributed by atoms with Gasteiger partial charge < -0.3 is 19.3 Å². The van der Waals surface area contributed by atoms with Gasteiger partial charge in [0.2, 0.25) is 17.8 Å². The van der Waals surface area contributed by atoms with Crippen molar-refractivity contribution in [2.75, 3.05) is 54.0 Å². The van der Waals surface area contributed by atoms with Crippen LogP contribution in [0.1, 0.15) is 43.7 Å². The van der Waals surface area contributed by atoms with Crippen LogP contribution in [-0.4, -0.2) is 58.8 Å². The monoisotopic (exact) mass is 407 g/mol. The molecule has 30 heavy (non-hydrogen) atoms. The normalized spacial score (nSPS) is 25.7. The van der Waals surface area contributed by atoms with Gasteiger partial charge in [0.05, 0.1) is 0 Å². The first-order valence-corrected chi connectivity index (χ1v) is 11.5. The maximum absolute atomic E-state index is 12.3. The molecule has 4 aliphatic heterocycles. The van der Waals surface area contributed by atoms with Crippen LogP contribution >= 0.6 is 0 Å². The number of piperidine rings is 1. The van der Waals surface area contributed by atoms with Crippen LogP contribution in [0.25, 0.3) is 0 Å². The van der Waals surface area contributed by atoms with E-state index in [1.807, 2.05) is 10.6 Å². The van der Waals surface area contributed by atoms with Crippen molar-refractivity contribution in [1.29, 1.82) is 0 Å². The van der Waals surface area contributed by atoms with E-state index in [9.17, 15) is 4.79 Å². The first-order chi connectivity index (χ1) is 14.7. The highest BCUT2D eigenvalue weighted by atomic mass is 16.1. The van der Waals surface area contributed by atoms with Crippen molar-refractivity contribution in [3.63, 3.8) is 0 Å². The molecule has 0 unspecified atom stereocenters. The third-order valence-electron chi connectivity index (χ3n) is 7.14. The lowest BCUT2D eigenvalue weighted by Crippen LogP contribution is -2.47. The van der Waals surface area contributed by atoms with E-state index in [0.29, 0.717) is 11.8 Å². The third kappa shape index (κ3) is 3.13. The summed E-state index contributed by atoms with van der Waals surface area (Å²) < 4.78 is 1.98. The first-order valence-electron chi connectivity index (χ1n) is 11.5. The molecular formula is C22H29N7O. The van der Waals surface area contributed by atoms with Gasteiger partial charge in [-0.1, -0.05) is 6.07 Å². The Morgan fingerprint density at radius 2 is 1.33 bits per heavy atom. The summed E-state index contributed by atoms with van der Waals surface area (Å²) in [4.78, 5) is 34.1. The molecule has 2 atom stereocenters. The second-order valence-electron chi connectivity index (χ2n) is 9.23. The Morgan fingerprint density at radius 1 is 0.733 bits per heavy atom. The molecule has 6 rings (SSSR count). The van der Waals surface area contributed by atoms with Crippen LogP contribution in [0.5, 0.6) is 0 Å². The summed E-state index contributed by atoms with van der Waals surface area (Å²) >= 11 is 0. The summed E-state index contributed by atoms with van der Waals surface area (Å²) in [6.07, 6.45) is 5.97. The van der Waals surface area contributed by atoms with Crippen LogP contribution < -0.4 is 20.3 Å². The molecule has 2 bridgehead atoms. The standard InChI is InChI=1S/C22H29N7O/c30-19-7-5-6-18-17-12-16(14-29(18)19)13-28(15-17)22-24-20(26-8-1-2-9-26)23-21(25-22)27-10-3-4-11-27/h5-7,16-17H,1-4,8-15H2/t16-,17+/m1/s1. The molecular weight excluding hydrogens is 378 g/mol. The average Bonchev–Trinajstić information content (AvgIpc) is 3.49. The van der Waals surface area contributed by atoms with Gasteiger partial charge in [-0.25, -0.2) is 0 Å². The third-order valence-corrected chi connectivity index (χ3v) is 7.14. The van der Waals surface area contributed by atoms with Crippen LogP contribution in [0.4, 0.5) is 17.8 Å². The highest BCUT2D eigenvalue weighted by Gasteiger charge is 2.36. The molecule has 0 radical (unpaired) electrons. The number of nitrogens with zero attached hydrogens (tertiary/aromatic N) is 7. The molecule has 6 heterocycles. The average molecular weight is 408 g/mol. The minimum absolute atomic E-state index is 0.128. The summed E-state index contributed by atoms with van der Waals surface area (Å²) in [6.45, 7) is 6.69. The SMILES string of the molecule is O=c1cccc2n1C[C@@H]1C[C@H]2CN(c2nc(N3CCCC3)nc(N3CCCC3)n2)C1. The Hall–Kier alpha value is -2.64. The molecule has 0 N–H and O–H groups in total. The Bertz CT molecular complexity index is 959. The van der Waals surface area contributed by atoms with Gasteiger partial charge in [0.15, 0.2) is 0 Å². The fraction of sp³-hybridized carbons (Fsp3) is 0.636. The van der Waals surface area contributed by atoms with Gasteiger partial charge in [-0.05, 0) is 44.1 Å². The largest absolute Gasteiger partial charge is 0.341 e. The van der Waals surface area contributed by atoms with Crippen molar-refractivity contribution in [2.24, 2.45) is 5.92 Å². The molecule has 0 spiro atoms. The molecule has 2 aromatic rings. The molecule has 0 amide bonds. The summed E-state index contributed by atoms with van der Waals surface area (Å²) in [5, 5.41) is 0. The Morgan fingerprint density at radius 3 is 1.97 bits per heavy atom. The maximum Gasteiger partial charge on any atom is 0.250 e. The van der Waals surface area contributed by atoms with Gasteiger partial charge in [-0.2, -0.15) is 15.0 Å². The Balaban J connectivity index is 1.35. The molecule has 8 nitrogen and oxygen atoms in total. The van der Waals surface area contributed by atoms with Gasteiger partial charge in [-0.3, -0.25) is 4.79 Å². The van der Waals surface area contributed by atoms with Gasteiger partial charge in [0, 0.05) is 63.5 Å². The van der Waals surface area contributed by atoms with E-state index in [0.717, 1.165) is 75.8 Å². The van der Waals surface area contributed by atoms with E-state index < -0.39 is 0 Å². The predicted molar refractivity (Wildman–Crippen MR) is 116 cm³/mol. The van der Waals surface area contributed by atoms with Crippen molar-refractivity contribution in [3.05, 3.63) is 34.2 Å². The predicted octanol–water partition coefficient (Wildman–Crippen LogP) is 1.86. The fourth-order valence-electron chi connectivity index (χ4n) is 5.66. The van der Waals surface area contributed by atoms with E-state index in [2.05, 4.69) is 20.8 Å². The molecule has 0 aliphatic carbocycles. The van der Waals surface area contributed by atoms with E-state index in [1.54, 1.807) is 6.07 Å². The molecule has 4 aliphatic rings. The van der Waals surface area contributed by atoms with Crippen molar-refractivity contribution in [2.45, 2.75) is 44.6 Å². The lowest BCUT2D eigenvalue weighted by Gasteiger charge is -2.42. The topological polar surface area (TPSA) is 70.4 Å². The molecule has 3 saturated heterocycles. The molecule has 158 valence electrons. The maximum atomic E-state index is 12.3. The van der Waals surface area contributed by atoms with Gasteiger partial charge in [0.1, 0.15) is 0 Å². The van der Waals surface area contributed by atoms with Crippen LogP contribution in [0.15, 0.2) is 23.0 Å². The van der Waals surface area contributed by atoms with Gasteiger partial charge in [0.25, 0.3) is 5.56 Å². The summed E-state index contributed by atoms with van der Waals surface area (Å²) in [7, 11) is 0. The number of rotatable bonds is 3. The number of hydrogen-bond donors (Lipinski definition) is 0. The van der Waals surface area contributed by atoms with Crippen molar-refractivity contribution in [3.8, 4) is 0 Å². The molecule has 0 saturated carbocycles. The number of aromatic nitrogens is 4. The molecule has 2 aromatic heterocycles. The van der Waals surface area contributed by atoms with Crippen LogP contribution in [-0.2, 0) is 6.54 Å². The number of hydrogen-bond acceptors (Lipinski definition) is 7. The molecule has 8 heteroatoms. The summed E-state index contributed by atoms with van der Waals surface area (Å²) in [5.41, 5.74) is 1.29. The highest BCUT2D eigenvalue weighted by Crippen LogP contribution is 2.36. The summed E-state index contributed by atoms with van der Waals surface area (Å²) in [5.74, 6) is 3.31. The number of pyridine rings is 1. The highest BCUT2D eigenvalue weighted by molar-refractivity contribution is 5.48. The summed E-state index contributed by atoms with van der Waals surface area (Å²) in [6, 6.07) is 5.69. The minimum atomic E-state index is 0.128. The van der Waals surface area contributed by atoms with Gasteiger partial charge in [-0.15, -0.1) is 0 Å². The van der Waals surface area contributed by atoms with Crippen molar-refractivity contribution in [1.82, 2.24) is 19.5 Å². The van der Waals surface area contributed by atoms with E-state index in [-0.39, 0.29) is 5.56 Å². The fourth-order valence-corrected chi connectivity index (χ4v) is 5.66. The van der Waals surface area contributed by atoms with Crippen LogP contribution in [0.2, 0.25) is 0 Å². The lowest BCUT2D eigenvalue weighted by molar-refractivity contribution is 0.279. The van der Waals surface area contributed by atoms with Crippen molar-refractivity contribution >= 4 is 17.8 Å². The zero-order valence-corrected chi connectivity index (χ0v) is 17.4. The van der Waals surface area contributed by atoms with E-state index >= 15 is 0 Å². The quantitative estimate of drug-likeness (QED) is 0.769. The smallest absolute Gasteiger partial charge is 0.250 e. The van der Waals surface area contributed by atoms with E-state index in [4.69, 9.17) is 15.0 Å². The second kappa shape index (κ2) is 7.25. The first kappa shape index (κ1) is 18.2. The molecule has 0 aromatic carbocycles. The Kier molecular flexibility index (Phi) is 4.39. The van der Waals surface area contributed by atoms with Crippen LogP contribution in [0.3, 0.4) is 0 Å². The van der Waals surface area contributed by atoms with Crippen LogP contribution in [0, 0.1) is 5.92 Å². The van der Waals surface area contributed by atoms with Gasteiger partial charge >= 0.3 is 0 Å². The number of anilines is 3. The molecule has 3 fully saturated rings.